The highest BCUT2D eigenvalue weighted by Gasteiger charge is 2.33. The first kappa shape index (κ1) is 11.9. The van der Waals surface area contributed by atoms with Crippen molar-refractivity contribution >= 4 is 5.91 Å². The van der Waals surface area contributed by atoms with Crippen molar-refractivity contribution < 1.29 is 9.53 Å². The SMILES string of the molecule is CCC1(C)CC(NC2CNC(=O)C2)CCO1. The molecule has 0 aromatic carbocycles. The van der Waals surface area contributed by atoms with Gasteiger partial charge in [-0.05, 0) is 26.2 Å². The Morgan fingerprint density at radius 2 is 2.38 bits per heavy atom. The number of rotatable bonds is 3. The third-order valence-corrected chi connectivity index (χ3v) is 3.79. The number of hydrogen-bond donors (Lipinski definition) is 2. The maximum Gasteiger partial charge on any atom is 0.221 e. The summed E-state index contributed by atoms with van der Waals surface area (Å²) < 4.78 is 5.81. The zero-order valence-corrected chi connectivity index (χ0v) is 10.2. The quantitative estimate of drug-likeness (QED) is 0.749. The molecule has 2 heterocycles. The maximum atomic E-state index is 11.1. The summed E-state index contributed by atoms with van der Waals surface area (Å²) in [7, 11) is 0. The number of nitrogens with one attached hydrogen (secondary N) is 2. The molecule has 0 spiro atoms. The highest BCUT2D eigenvalue weighted by molar-refractivity contribution is 5.78. The van der Waals surface area contributed by atoms with Crippen molar-refractivity contribution in [3.63, 3.8) is 0 Å². The molecule has 0 aliphatic carbocycles. The van der Waals surface area contributed by atoms with Crippen LogP contribution in [-0.2, 0) is 9.53 Å². The van der Waals surface area contributed by atoms with Crippen molar-refractivity contribution in [2.45, 2.75) is 57.2 Å². The summed E-state index contributed by atoms with van der Waals surface area (Å²) in [5.74, 6) is 0.169. The first-order valence-electron chi connectivity index (χ1n) is 6.28. The minimum Gasteiger partial charge on any atom is -0.375 e. The van der Waals surface area contributed by atoms with Crippen LogP contribution < -0.4 is 10.6 Å². The van der Waals surface area contributed by atoms with Gasteiger partial charge >= 0.3 is 0 Å². The van der Waals surface area contributed by atoms with Crippen molar-refractivity contribution in [2.24, 2.45) is 0 Å². The van der Waals surface area contributed by atoms with Gasteiger partial charge in [-0.2, -0.15) is 0 Å². The van der Waals surface area contributed by atoms with Gasteiger partial charge in [0.25, 0.3) is 0 Å². The molecule has 0 aromatic rings. The van der Waals surface area contributed by atoms with Gasteiger partial charge < -0.3 is 15.4 Å². The predicted octanol–water partition coefficient (Wildman–Crippen LogP) is 0.812. The molecule has 0 bridgehead atoms. The summed E-state index contributed by atoms with van der Waals surface area (Å²) in [6.45, 7) is 5.96. The van der Waals surface area contributed by atoms with Crippen LogP contribution in [0.2, 0.25) is 0 Å². The smallest absolute Gasteiger partial charge is 0.221 e. The molecule has 2 fully saturated rings. The van der Waals surface area contributed by atoms with E-state index in [1.807, 2.05) is 0 Å². The van der Waals surface area contributed by atoms with Crippen LogP contribution in [-0.4, -0.2) is 36.7 Å². The van der Waals surface area contributed by atoms with Gasteiger partial charge in [0.2, 0.25) is 5.91 Å². The number of amides is 1. The molecule has 92 valence electrons. The van der Waals surface area contributed by atoms with Gasteiger partial charge in [-0.15, -0.1) is 0 Å². The second-order valence-corrected chi connectivity index (χ2v) is 5.21. The molecule has 0 saturated carbocycles. The fourth-order valence-corrected chi connectivity index (χ4v) is 2.57. The predicted molar refractivity (Wildman–Crippen MR) is 62.2 cm³/mol. The molecule has 3 unspecified atom stereocenters. The number of ether oxygens (including phenoxy) is 1. The molecule has 1 amide bonds. The van der Waals surface area contributed by atoms with Crippen molar-refractivity contribution in [2.75, 3.05) is 13.2 Å². The fourth-order valence-electron chi connectivity index (χ4n) is 2.57. The van der Waals surface area contributed by atoms with Gasteiger partial charge in [0.15, 0.2) is 0 Å². The van der Waals surface area contributed by atoms with E-state index < -0.39 is 0 Å². The molecule has 2 saturated heterocycles. The lowest BCUT2D eigenvalue weighted by atomic mass is 9.89. The average molecular weight is 226 g/mol. The molecule has 0 radical (unpaired) electrons. The highest BCUT2D eigenvalue weighted by Crippen LogP contribution is 2.28. The van der Waals surface area contributed by atoms with Crippen LogP contribution in [0.15, 0.2) is 0 Å². The molecular weight excluding hydrogens is 204 g/mol. The van der Waals surface area contributed by atoms with Crippen LogP contribution in [0.1, 0.15) is 39.5 Å². The first-order valence-corrected chi connectivity index (χ1v) is 6.28. The standard InChI is InChI=1S/C12H22N2O2/c1-3-12(2)7-9(4-5-16-12)14-10-6-11(15)13-8-10/h9-10,14H,3-8H2,1-2H3,(H,13,15). The van der Waals surface area contributed by atoms with E-state index in [2.05, 4.69) is 24.5 Å². The van der Waals surface area contributed by atoms with E-state index in [0.717, 1.165) is 32.4 Å². The van der Waals surface area contributed by atoms with Crippen LogP contribution in [0.5, 0.6) is 0 Å². The van der Waals surface area contributed by atoms with Gasteiger partial charge in [-0.25, -0.2) is 0 Å². The Hall–Kier alpha value is -0.610. The molecule has 0 aromatic heterocycles. The molecule has 2 rings (SSSR count). The minimum absolute atomic E-state index is 0.0198. The van der Waals surface area contributed by atoms with E-state index in [1.54, 1.807) is 0 Å². The summed E-state index contributed by atoms with van der Waals surface area (Å²) in [4.78, 5) is 11.1. The van der Waals surface area contributed by atoms with Crippen LogP contribution in [0.4, 0.5) is 0 Å². The Bertz CT molecular complexity index is 270. The Labute approximate surface area is 97.1 Å². The van der Waals surface area contributed by atoms with Crippen LogP contribution in [0.25, 0.3) is 0 Å². The normalized spacial score (nSPS) is 39.8. The van der Waals surface area contributed by atoms with Gasteiger partial charge in [-0.3, -0.25) is 4.79 Å². The molecule has 4 nitrogen and oxygen atoms in total. The largest absolute Gasteiger partial charge is 0.375 e. The first-order chi connectivity index (χ1) is 7.61. The molecule has 4 heteroatoms. The number of carbonyl (C=O) groups excluding carboxylic acids is 1. The van der Waals surface area contributed by atoms with E-state index in [1.165, 1.54) is 0 Å². The second kappa shape index (κ2) is 4.72. The Morgan fingerprint density at radius 1 is 1.56 bits per heavy atom. The fraction of sp³-hybridized carbons (Fsp3) is 0.917. The maximum absolute atomic E-state index is 11.1. The summed E-state index contributed by atoms with van der Waals surface area (Å²) in [6, 6.07) is 0.813. The third kappa shape index (κ3) is 2.74. The van der Waals surface area contributed by atoms with E-state index in [9.17, 15) is 4.79 Å². The molecule has 2 aliphatic heterocycles. The molecular formula is C12H22N2O2. The molecule has 16 heavy (non-hydrogen) atoms. The van der Waals surface area contributed by atoms with Crippen LogP contribution >= 0.6 is 0 Å². The van der Waals surface area contributed by atoms with Gasteiger partial charge in [0.05, 0.1) is 5.60 Å². The second-order valence-electron chi connectivity index (χ2n) is 5.21. The van der Waals surface area contributed by atoms with Gasteiger partial charge in [0.1, 0.15) is 0 Å². The van der Waals surface area contributed by atoms with E-state index in [-0.39, 0.29) is 11.5 Å². The Balaban J connectivity index is 1.83. The van der Waals surface area contributed by atoms with Crippen LogP contribution in [0.3, 0.4) is 0 Å². The lowest BCUT2D eigenvalue weighted by Crippen LogP contribution is -2.48. The summed E-state index contributed by atoms with van der Waals surface area (Å²) in [5, 5.41) is 6.44. The third-order valence-electron chi connectivity index (χ3n) is 3.79. The lowest BCUT2D eigenvalue weighted by molar-refractivity contribution is -0.119. The monoisotopic (exact) mass is 226 g/mol. The zero-order valence-electron chi connectivity index (χ0n) is 10.2. The van der Waals surface area contributed by atoms with Crippen molar-refractivity contribution in [3.05, 3.63) is 0 Å². The molecule has 3 atom stereocenters. The van der Waals surface area contributed by atoms with Gasteiger partial charge in [-0.1, -0.05) is 6.92 Å². The van der Waals surface area contributed by atoms with E-state index in [4.69, 9.17) is 4.74 Å². The average Bonchev–Trinajstić information content (AvgIpc) is 2.64. The Morgan fingerprint density at radius 3 is 3.00 bits per heavy atom. The molecule has 2 aliphatic rings. The Kier molecular flexibility index (Phi) is 3.50. The van der Waals surface area contributed by atoms with Crippen molar-refractivity contribution in [1.82, 2.24) is 10.6 Å². The van der Waals surface area contributed by atoms with E-state index in [0.29, 0.717) is 18.5 Å². The summed E-state index contributed by atoms with van der Waals surface area (Å²) in [6.07, 6.45) is 3.78. The topological polar surface area (TPSA) is 50.4 Å². The number of carbonyl (C=O) groups is 1. The highest BCUT2D eigenvalue weighted by atomic mass is 16.5. The van der Waals surface area contributed by atoms with Crippen molar-refractivity contribution in [3.8, 4) is 0 Å². The lowest BCUT2D eigenvalue weighted by Gasteiger charge is -2.39. The van der Waals surface area contributed by atoms with Gasteiger partial charge in [0, 0.05) is 31.7 Å². The summed E-state index contributed by atoms with van der Waals surface area (Å²) in [5.41, 5.74) is 0.0198. The van der Waals surface area contributed by atoms with E-state index >= 15 is 0 Å². The van der Waals surface area contributed by atoms with Crippen LogP contribution in [0, 0.1) is 0 Å². The summed E-state index contributed by atoms with van der Waals surface area (Å²) >= 11 is 0. The molecule has 2 N–H and O–H groups in total. The zero-order chi connectivity index (χ0) is 11.6. The number of hydrogen-bond acceptors (Lipinski definition) is 3. The minimum atomic E-state index is 0.0198. The van der Waals surface area contributed by atoms with Crippen molar-refractivity contribution in [1.29, 1.82) is 0 Å².